The Labute approximate surface area is 64.9 Å². The van der Waals surface area contributed by atoms with E-state index < -0.39 is 24.4 Å². The van der Waals surface area contributed by atoms with E-state index >= 15 is 0 Å². The molecule has 0 aromatic carbocycles. The summed E-state index contributed by atoms with van der Waals surface area (Å²) in [6, 6.07) is -0.507. The van der Waals surface area contributed by atoms with Crippen LogP contribution in [0.1, 0.15) is 0 Å². The summed E-state index contributed by atoms with van der Waals surface area (Å²) >= 11 is 0. The third-order valence-electron chi connectivity index (χ3n) is 1.90. The molecule has 1 saturated heterocycles. The zero-order valence-electron chi connectivity index (χ0n) is 6.18. The van der Waals surface area contributed by atoms with E-state index in [-0.39, 0.29) is 13.2 Å². The first-order chi connectivity index (χ1) is 5.16. The number of nitrogens with two attached hydrogens (primary N) is 2. The fourth-order valence-electron chi connectivity index (χ4n) is 1.11. The summed E-state index contributed by atoms with van der Waals surface area (Å²) in [7, 11) is 0. The first-order valence-electron chi connectivity index (χ1n) is 3.60. The highest BCUT2D eigenvalue weighted by molar-refractivity contribution is 4.88. The predicted molar refractivity (Wildman–Crippen MR) is 38.8 cm³/mol. The summed E-state index contributed by atoms with van der Waals surface area (Å²) in [6.45, 7) is 0.449. The molecule has 0 saturated carbocycles. The Balaban J connectivity index is 2.52. The average Bonchev–Trinajstić information content (AvgIpc) is 2.01. The lowest BCUT2D eigenvalue weighted by molar-refractivity contribution is -0.139. The Kier molecular flexibility index (Phi) is 2.80. The fourth-order valence-corrected chi connectivity index (χ4v) is 1.11. The van der Waals surface area contributed by atoms with Crippen LogP contribution in [0.3, 0.4) is 0 Å². The van der Waals surface area contributed by atoms with Gasteiger partial charge in [-0.25, -0.2) is 0 Å². The van der Waals surface area contributed by atoms with Crippen molar-refractivity contribution in [3.05, 3.63) is 0 Å². The largest absolute Gasteiger partial charge is 0.389 e. The molecule has 0 aromatic rings. The maximum Gasteiger partial charge on any atom is 0.109 e. The second-order valence-electron chi connectivity index (χ2n) is 2.75. The number of rotatable bonds is 1. The van der Waals surface area contributed by atoms with Crippen LogP contribution in [0.25, 0.3) is 0 Å². The van der Waals surface area contributed by atoms with Crippen LogP contribution in [-0.4, -0.2) is 47.7 Å². The second kappa shape index (κ2) is 3.46. The minimum absolute atomic E-state index is 0.199. The van der Waals surface area contributed by atoms with E-state index in [1.165, 1.54) is 0 Å². The molecule has 0 radical (unpaired) electrons. The highest BCUT2D eigenvalue weighted by Crippen LogP contribution is 2.12. The molecular weight excluding hydrogens is 148 g/mol. The van der Waals surface area contributed by atoms with Gasteiger partial charge in [-0.2, -0.15) is 0 Å². The number of ether oxygens (including phenoxy) is 1. The smallest absolute Gasteiger partial charge is 0.109 e. The summed E-state index contributed by atoms with van der Waals surface area (Å²) in [5.41, 5.74) is 10.7. The van der Waals surface area contributed by atoms with Gasteiger partial charge in [-0.3, -0.25) is 0 Å². The van der Waals surface area contributed by atoms with Crippen LogP contribution in [0.5, 0.6) is 0 Å². The lowest BCUT2D eigenvalue weighted by atomic mass is 9.99. The van der Waals surface area contributed by atoms with Gasteiger partial charge in [-0.1, -0.05) is 0 Å². The molecule has 0 aliphatic carbocycles. The molecule has 1 aliphatic rings. The van der Waals surface area contributed by atoms with Crippen molar-refractivity contribution >= 4 is 0 Å². The SMILES string of the molecule is NCC1OCC(N)[C@@H](O)[C@@H]1O. The lowest BCUT2D eigenvalue weighted by Crippen LogP contribution is -2.58. The van der Waals surface area contributed by atoms with Gasteiger partial charge in [0.25, 0.3) is 0 Å². The first-order valence-corrected chi connectivity index (χ1v) is 3.60. The highest BCUT2D eigenvalue weighted by Gasteiger charge is 2.35. The molecule has 1 fully saturated rings. The van der Waals surface area contributed by atoms with E-state index in [0.29, 0.717) is 0 Å². The first kappa shape index (κ1) is 8.89. The van der Waals surface area contributed by atoms with Gasteiger partial charge in [-0.15, -0.1) is 0 Å². The quantitative estimate of drug-likeness (QED) is 0.338. The van der Waals surface area contributed by atoms with Crippen LogP contribution in [-0.2, 0) is 4.74 Å². The van der Waals surface area contributed by atoms with Crippen molar-refractivity contribution in [1.29, 1.82) is 0 Å². The average molecular weight is 162 g/mol. The number of hydrogen-bond acceptors (Lipinski definition) is 5. The molecule has 0 aromatic heterocycles. The minimum Gasteiger partial charge on any atom is -0.389 e. The number of aliphatic hydroxyl groups is 2. The molecule has 66 valence electrons. The minimum atomic E-state index is -0.955. The molecule has 5 nitrogen and oxygen atoms in total. The standard InChI is InChI=1S/C6H14N2O3/c7-1-4-6(10)5(9)3(8)2-11-4/h3-6,9-10H,1-2,7-8H2/t3?,4?,5-,6-/m1/s1. The third kappa shape index (κ3) is 1.69. The molecule has 1 aliphatic heterocycles. The molecule has 0 spiro atoms. The maximum atomic E-state index is 9.27. The van der Waals surface area contributed by atoms with Crippen LogP contribution in [0.4, 0.5) is 0 Å². The molecule has 0 bridgehead atoms. The fraction of sp³-hybridized carbons (Fsp3) is 1.00. The number of aliphatic hydroxyl groups excluding tert-OH is 2. The summed E-state index contributed by atoms with van der Waals surface area (Å²) in [5, 5.41) is 18.5. The zero-order valence-corrected chi connectivity index (χ0v) is 6.18. The lowest BCUT2D eigenvalue weighted by Gasteiger charge is -2.35. The molecule has 1 heterocycles. The highest BCUT2D eigenvalue weighted by atomic mass is 16.5. The number of hydrogen-bond donors (Lipinski definition) is 4. The van der Waals surface area contributed by atoms with Gasteiger partial charge in [0.05, 0.1) is 24.9 Å². The van der Waals surface area contributed by atoms with Crippen LogP contribution in [0.2, 0.25) is 0 Å². The Morgan fingerprint density at radius 3 is 2.55 bits per heavy atom. The maximum absolute atomic E-state index is 9.27. The van der Waals surface area contributed by atoms with Gasteiger partial charge in [0, 0.05) is 6.54 Å². The topological polar surface area (TPSA) is 102 Å². The summed E-state index contributed by atoms with van der Waals surface area (Å²) in [5.74, 6) is 0. The monoisotopic (exact) mass is 162 g/mol. The molecule has 11 heavy (non-hydrogen) atoms. The Hall–Kier alpha value is -0.200. The van der Waals surface area contributed by atoms with E-state index in [1.54, 1.807) is 0 Å². The van der Waals surface area contributed by atoms with Crippen molar-refractivity contribution in [2.24, 2.45) is 11.5 Å². The molecule has 5 heteroatoms. The Morgan fingerprint density at radius 1 is 1.36 bits per heavy atom. The summed E-state index contributed by atoms with van der Waals surface area (Å²) in [6.07, 6.45) is -2.36. The molecule has 0 amide bonds. The Morgan fingerprint density at radius 2 is 2.00 bits per heavy atom. The van der Waals surface area contributed by atoms with E-state index in [2.05, 4.69) is 0 Å². The summed E-state index contributed by atoms with van der Waals surface area (Å²) in [4.78, 5) is 0. The van der Waals surface area contributed by atoms with Crippen LogP contribution in [0.15, 0.2) is 0 Å². The van der Waals surface area contributed by atoms with Crippen molar-refractivity contribution in [2.75, 3.05) is 13.2 Å². The zero-order chi connectivity index (χ0) is 8.43. The Bertz CT molecular complexity index is 131. The predicted octanol–water partition coefficient (Wildman–Crippen LogP) is -2.61. The molecule has 6 N–H and O–H groups in total. The van der Waals surface area contributed by atoms with Crippen LogP contribution < -0.4 is 11.5 Å². The van der Waals surface area contributed by atoms with Crippen molar-refractivity contribution in [3.8, 4) is 0 Å². The van der Waals surface area contributed by atoms with E-state index in [4.69, 9.17) is 16.2 Å². The van der Waals surface area contributed by atoms with Gasteiger partial charge in [0.1, 0.15) is 6.10 Å². The second-order valence-corrected chi connectivity index (χ2v) is 2.75. The summed E-state index contributed by atoms with van der Waals surface area (Å²) < 4.78 is 5.06. The normalized spacial score (nSPS) is 45.8. The van der Waals surface area contributed by atoms with Crippen molar-refractivity contribution < 1.29 is 14.9 Å². The van der Waals surface area contributed by atoms with E-state index in [9.17, 15) is 10.2 Å². The van der Waals surface area contributed by atoms with Gasteiger partial charge < -0.3 is 26.4 Å². The third-order valence-corrected chi connectivity index (χ3v) is 1.90. The van der Waals surface area contributed by atoms with Gasteiger partial charge >= 0.3 is 0 Å². The van der Waals surface area contributed by atoms with Crippen molar-refractivity contribution in [1.82, 2.24) is 0 Å². The molecule has 4 atom stereocenters. The molecule has 1 rings (SSSR count). The molecular formula is C6H14N2O3. The van der Waals surface area contributed by atoms with Gasteiger partial charge in [0.15, 0.2) is 0 Å². The van der Waals surface area contributed by atoms with Gasteiger partial charge in [0.2, 0.25) is 0 Å². The van der Waals surface area contributed by atoms with Crippen molar-refractivity contribution in [3.63, 3.8) is 0 Å². The van der Waals surface area contributed by atoms with Crippen molar-refractivity contribution in [2.45, 2.75) is 24.4 Å². The van der Waals surface area contributed by atoms with Crippen LogP contribution in [0, 0.1) is 0 Å². The van der Waals surface area contributed by atoms with Crippen LogP contribution >= 0.6 is 0 Å². The van der Waals surface area contributed by atoms with E-state index in [0.717, 1.165) is 0 Å². The van der Waals surface area contributed by atoms with Gasteiger partial charge in [-0.05, 0) is 0 Å². The molecule has 2 unspecified atom stereocenters. The van der Waals surface area contributed by atoms with E-state index in [1.807, 2.05) is 0 Å².